The smallest absolute Gasteiger partial charge is 0.341 e. The Balaban J connectivity index is 1.86. The molecule has 1 saturated heterocycles. The Morgan fingerprint density at radius 1 is 1.27 bits per heavy atom. The van der Waals surface area contributed by atoms with E-state index >= 15 is 0 Å². The van der Waals surface area contributed by atoms with Crippen molar-refractivity contribution in [3.8, 4) is 5.75 Å². The van der Waals surface area contributed by atoms with E-state index in [1.807, 2.05) is 31.2 Å². The molecular formula is C17H26N2O3. The Bertz CT molecular complexity index is 467. The molecule has 1 aliphatic rings. The van der Waals surface area contributed by atoms with E-state index in [9.17, 15) is 4.79 Å². The van der Waals surface area contributed by atoms with Crippen LogP contribution in [0.3, 0.4) is 0 Å². The summed E-state index contributed by atoms with van der Waals surface area (Å²) in [5.41, 5.74) is 1.04. The van der Waals surface area contributed by atoms with Crippen molar-refractivity contribution in [2.45, 2.75) is 39.7 Å². The zero-order chi connectivity index (χ0) is 15.9. The second-order valence-electron chi connectivity index (χ2n) is 6.09. The number of nitrogens with one attached hydrogen (secondary N) is 1. The predicted octanol–water partition coefficient (Wildman–Crippen LogP) is 3.52. The van der Waals surface area contributed by atoms with Crippen LogP contribution in [0.25, 0.3) is 0 Å². The van der Waals surface area contributed by atoms with Crippen LogP contribution in [0, 0.1) is 5.92 Å². The summed E-state index contributed by atoms with van der Waals surface area (Å²) in [5, 5.41) is 4.37. The molecule has 1 fully saturated rings. The lowest BCUT2D eigenvalue weighted by Gasteiger charge is -2.27. The van der Waals surface area contributed by atoms with Gasteiger partial charge in [0.15, 0.2) is 0 Å². The maximum absolute atomic E-state index is 12.1. The average Bonchev–Trinajstić information content (AvgIpc) is 2.54. The Labute approximate surface area is 132 Å². The zero-order valence-electron chi connectivity index (χ0n) is 13.7. The number of hydrogen-bond donors (Lipinski definition) is 1. The standard InChI is InChI=1S/C17H26N2O3/c1-13(2)12-21-16-8-6-15(7-9-16)14(3)18-17(20)19-10-4-5-11-22-19/h6-9,13-14H,4-5,10-12H2,1-3H3,(H,18,20). The summed E-state index contributed by atoms with van der Waals surface area (Å²) in [6.45, 7) is 8.18. The SMILES string of the molecule is CC(C)COc1ccc(C(C)NC(=O)N2CCCCO2)cc1. The van der Waals surface area contributed by atoms with Crippen molar-refractivity contribution in [2.75, 3.05) is 19.8 Å². The van der Waals surface area contributed by atoms with Gasteiger partial charge < -0.3 is 10.1 Å². The number of carbonyl (C=O) groups excluding carboxylic acids is 1. The second-order valence-corrected chi connectivity index (χ2v) is 6.09. The van der Waals surface area contributed by atoms with Crippen LogP contribution < -0.4 is 10.1 Å². The first kappa shape index (κ1) is 16.6. The van der Waals surface area contributed by atoms with Crippen molar-refractivity contribution in [3.63, 3.8) is 0 Å². The normalized spacial score (nSPS) is 16.5. The molecule has 2 rings (SSSR count). The number of urea groups is 1. The third-order valence-corrected chi connectivity index (χ3v) is 3.53. The number of ether oxygens (including phenoxy) is 1. The van der Waals surface area contributed by atoms with Gasteiger partial charge in [0.05, 0.1) is 25.8 Å². The highest BCUT2D eigenvalue weighted by Gasteiger charge is 2.19. The van der Waals surface area contributed by atoms with E-state index in [-0.39, 0.29) is 12.1 Å². The first-order chi connectivity index (χ1) is 10.6. The Kier molecular flexibility index (Phi) is 6.07. The number of hydroxylamine groups is 2. The van der Waals surface area contributed by atoms with E-state index in [0.717, 1.165) is 24.2 Å². The molecule has 1 aromatic carbocycles. The van der Waals surface area contributed by atoms with Gasteiger partial charge in [-0.05, 0) is 43.4 Å². The van der Waals surface area contributed by atoms with Crippen LogP contribution in [0.5, 0.6) is 5.75 Å². The number of carbonyl (C=O) groups is 1. The highest BCUT2D eigenvalue weighted by molar-refractivity contribution is 5.73. The molecule has 1 heterocycles. The molecule has 1 atom stereocenters. The molecule has 5 heteroatoms. The van der Waals surface area contributed by atoms with Crippen molar-refractivity contribution < 1.29 is 14.4 Å². The molecule has 0 aromatic heterocycles. The lowest BCUT2D eigenvalue weighted by atomic mass is 10.1. The molecule has 0 saturated carbocycles. The molecule has 1 aliphatic heterocycles. The van der Waals surface area contributed by atoms with Crippen LogP contribution in [0.1, 0.15) is 45.2 Å². The third kappa shape index (κ3) is 4.91. The van der Waals surface area contributed by atoms with Gasteiger partial charge in [0.25, 0.3) is 0 Å². The van der Waals surface area contributed by atoms with Crippen molar-refractivity contribution >= 4 is 6.03 Å². The van der Waals surface area contributed by atoms with Gasteiger partial charge in [-0.1, -0.05) is 26.0 Å². The molecule has 1 N–H and O–H groups in total. The fraction of sp³-hybridized carbons (Fsp3) is 0.588. The van der Waals surface area contributed by atoms with Crippen LogP contribution in [0.2, 0.25) is 0 Å². The largest absolute Gasteiger partial charge is 0.493 e. The van der Waals surface area contributed by atoms with Crippen molar-refractivity contribution in [2.24, 2.45) is 5.92 Å². The molecule has 1 aromatic rings. The highest BCUT2D eigenvalue weighted by Crippen LogP contribution is 2.19. The van der Waals surface area contributed by atoms with Gasteiger partial charge in [-0.25, -0.2) is 9.86 Å². The maximum atomic E-state index is 12.1. The number of rotatable bonds is 5. The van der Waals surface area contributed by atoms with Crippen LogP contribution in [-0.2, 0) is 4.84 Å². The van der Waals surface area contributed by atoms with E-state index in [4.69, 9.17) is 9.57 Å². The minimum absolute atomic E-state index is 0.0721. The van der Waals surface area contributed by atoms with Crippen LogP contribution in [0.4, 0.5) is 4.79 Å². The zero-order valence-corrected chi connectivity index (χ0v) is 13.7. The highest BCUT2D eigenvalue weighted by atomic mass is 16.7. The van der Waals surface area contributed by atoms with Crippen molar-refractivity contribution in [3.05, 3.63) is 29.8 Å². The molecule has 22 heavy (non-hydrogen) atoms. The van der Waals surface area contributed by atoms with E-state index in [1.165, 1.54) is 5.06 Å². The summed E-state index contributed by atoms with van der Waals surface area (Å²) in [4.78, 5) is 17.4. The monoisotopic (exact) mass is 306 g/mol. The number of amides is 2. The first-order valence-corrected chi connectivity index (χ1v) is 8.00. The number of nitrogens with zero attached hydrogens (tertiary/aromatic N) is 1. The van der Waals surface area contributed by atoms with Gasteiger partial charge in [-0.3, -0.25) is 4.84 Å². The quantitative estimate of drug-likeness (QED) is 0.905. The fourth-order valence-electron chi connectivity index (χ4n) is 2.21. The Morgan fingerprint density at radius 3 is 2.59 bits per heavy atom. The molecule has 0 spiro atoms. The molecule has 2 amide bonds. The first-order valence-electron chi connectivity index (χ1n) is 8.00. The molecule has 1 unspecified atom stereocenters. The van der Waals surface area contributed by atoms with E-state index in [0.29, 0.717) is 25.7 Å². The predicted molar refractivity (Wildman–Crippen MR) is 85.6 cm³/mol. The van der Waals surface area contributed by atoms with E-state index in [2.05, 4.69) is 19.2 Å². The van der Waals surface area contributed by atoms with Crippen LogP contribution in [0.15, 0.2) is 24.3 Å². The molecule has 122 valence electrons. The van der Waals surface area contributed by atoms with Gasteiger partial charge in [-0.2, -0.15) is 0 Å². The molecule has 0 bridgehead atoms. The van der Waals surface area contributed by atoms with Gasteiger partial charge in [-0.15, -0.1) is 0 Å². The van der Waals surface area contributed by atoms with Crippen molar-refractivity contribution in [1.82, 2.24) is 10.4 Å². The van der Waals surface area contributed by atoms with Crippen LogP contribution >= 0.6 is 0 Å². The molecule has 5 nitrogen and oxygen atoms in total. The van der Waals surface area contributed by atoms with Gasteiger partial charge in [0, 0.05) is 0 Å². The average molecular weight is 306 g/mol. The van der Waals surface area contributed by atoms with E-state index in [1.54, 1.807) is 0 Å². The summed E-state index contributed by atoms with van der Waals surface area (Å²) in [7, 11) is 0. The lowest BCUT2D eigenvalue weighted by Crippen LogP contribution is -2.43. The van der Waals surface area contributed by atoms with Gasteiger partial charge in [0.2, 0.25) is 0 Å². The van der Waals surface area contributed by atoms with Crippen LogP contribution in [-0.4, -0.2) is 30.9 Å². The summed E-state index contributed by atoms with van der Waals surface area (Å²) >= 11 is 0. The topological polar surface area (TPSA) is 50.8 Å². The molecule has 0 radical (unpaired) electrons. The maximum Gasteiger partial charge on any atom is 0.341 e. The molecular weight excluding hydrogens is 280 g/mol. The summed E-state index contributed by atoms with van der Waals surface area (Å²) < 4.78 is 5.66. The summed E-state index contributed by atoms with van der Waals surface area (Å²) in [6, 6.07) is 7.61. The van der Waals surface area contributed by atoms with E-state index < -0.39 is 0 Å². The number of benzene rings is 1. The summed E-state index contributed by atoms with van der Waals surface area (Å²) in [6.07, 6.45) is 2.00. The van der Waals surface area contributed by atoms with Crippen molar-refractivity contribution in [1.29, 1.82) is 0 Å². The minimum atomic E-state index is -0.174. The number of hydrogen-bond acceptors (Lipinski definition) is 3. The third-order valence-electron chi connectivity index (χ3n) is 3.53. The van der Waals surface area contributed by atoms with Gasteiger partial charge in [0.1, 0.15) is 5.75 Å². The lowest BCUT2D eigenvalue weighted by molar-refractivity contribution is -0.139. The minimum Gasteiger partial charge on any atom is -0.493 e. The Morgan fingerprint density at radius 2 is 2.00 bits per heavy atom. The van der Waals surface area contributed by atoms with Gasteiger partial charge >= 0.3 is 6.03 Å². The summed E-state index contributed by atoms with van der Waals surface area (Å²) in [5.74, 6) is 1.36. The second kappa shape index (κ2) is 8.03. The fourth-order valence-corrected chi connectivity index (χ4v) is 2.21. The Hall–Kier alpha value is -1.75. The molecule has 0 aliphatic carbocycles.